The lowest BCUT2D eigenvalue weighted by molar-refractivity contribution is -0.114. The van der Waals surface area contributed by atoms with Crippen LogP contribution in [0, 0.1) is 11.3 Å². The number of nitriles is 1. The van der Waals surface area contributed by atoms with Gasteiger partial charge in [-0.2, -0.15) is 13.7 Å². The quantitative estimate of drug-likeness (QED) is 0.202. The molecule has 0 bridgehead atoms. The largest absolute Gasteiger partial charge is 0.379 e. The number of nitrogens with zero attached hydrogens (tertiary/aromatic N) is 1. The molecule has 0 aliphatic rings. The van der Waals surface area contributed by atoms with Gasteiger partial charge in [0.15, 0.2) is 0 Å². The van der Waals surface area contributed by atoms with Crippen LogP contribution in [-0.2, 0) is 19.7 Å². The van der Waals surface area contributed by atoms with E-state index < -0.39 is 16.0 Å². The van der Waals surface area contributed by atoms with E-state index >= 15 is 0 Å². The highest BCUT2D eigenvalue weighted by Crippen LogP contribution is 2.25. The van der Waals surface area contributed by atoms with Gasteiger partial charge >= 0.3 is 10.1 Å². The van der Waals surface area contributed by atoms with Crippen molar-refractivity contribution in [1.29, 1.82) is 5.26 Å². The van der Waals surface area contributed by atoms with E-state index in [1.807, 2.05) is 42.5 Å². The summed E-state index contributed by atoms with van der Waals surface area (Å²) < 4.78 is 30.6. The van der Waals surface area contributed by atoms with Gasteiger partial charge in [-0.25, -0.2) is 0 Å². The summed E-state index contributed by atoms with van der Waals surface area (Å²) in [6, 6.07) is 26.5. The Morgan fingerprint density at radius 2 is 1.59 bits per heavy atom. The first-order valence-corrected chi connectivity index (χ1v) is 12.5. The molecule has 0 saturated heterocycles. The molecule has 0 radical (unpaired) electrons. The first kappa shape index (κ1) is 25.2. The topological polar surface area (TPSA) is 125 Å². The summed E-state index contributed by atoms with van der Waals surface area (Å²) in [7, 11) is -4.16. The van der Waals surface area contributed by atoms with E-state index in [2.05, 4.69) is 10.6 Å². The highest BCUT2D eigenvalue weighted by molar-refractivity contribution is 7.87. The number of carbonyl (C=O) groups excluding carboxylic acids is 2. The molecule has 0 spiro atoms. The van der Waals surface area contributed by atoms with Crippen molar-refractivity contribution in [2.45, 2.75) is 11.8 Å². The maximum absolute atomic E-state index is 12.8. The fraction of sp³-hybridized carbons (Fsp3) is 0.0357. The molecule has 0 heterocycles. The highest BCUT2D eigenvalue weighted by Gasteiger charge is 2.17. The minimum absolute atomic E-state index is 0.00596. The van der Waals surface area contributed by atoms with Crippen molar-refractivity contribution in [1.82, 2.24) is 0 Å². The zero-order valence-electron chi connectivity index (χ0n) is 19.6. The molecule has 4 aromatic carbocycles. The lowest BCUT2D eigenvalue weighted by atomic mass is 10.1. The van der Waals surface area contributed by atoms with Gasteiger partial charge in [0.25, 0.3) is 5.91 Å². The summed E-state index contributed by atoms with van der Waals surface area (Å²) in [6.07, 6.45) is 1.35. The van der Waals surface area contributed by atoms with Crippen molar-refractivity contribution >= 4 is 50.2 Å². The number of hydrogen-bond acceptors (Lipinski definition) is 6. The van der Waals surface area contributed by atoms with Gasteiger partial charge in [-0.3, -0.25) is 9.59 Å². The van der Waals surface area contributed by atoms with Crippen molar-refractivity contribution in [3.8, 4) is 11.8 Å². The number of carbonyl (C=O) groups is 2. The number of nitrogens with one attached hydrogen (secondary N) is 2. The van der Waals surface area contributed by atoms with Gasteiger partial charge in [0.2, 0.25) is 5.91 Å². The molecule has 0 saturated carbocycles. The second-order valence-electron chi connectivity index (χ2n) is 7.97. The van der Waals surface area contributed by atoms with Gasteiger partial charge in [-0.1, -0.05) is 48.5 Å². The highest BCUT2D eigenvalue weighted by atomic mass is 32.2. The van der Waals surface area contributed by atoms with Gasteiger partial charge in [-0.05, 0) is 59.5 Å². The molecular weight excluding hydrogens is 490 g/mol. The Morgan fingerprint density at radius 1 is 0.892 bits per heavy atom. The second kappa shape index (κ2) is 10.8. The predicted octanol–water partition coefficient (Wildman–Crippen LogP) is 5.11. The Balaban J connectivity index is 1.53. The van der Waals surface area contributed by atoms with E-state index in [1.165, 1.54) is 49.4 Å². The molecule has 0 fully saturated rings. The molecule has 0 aliphatic carbocycles. The van der Waals surface area contributed by atoms with Crippen LogP contribution in [-0.4, -0.2) is 20.2 Å². The first-order valence-electron chi connectivity index (χ1n) is 11.1. The molecule has 4 aromatic rings. The van der Waals surface area contributed by atoms with E-state index in [0.29, 0.717) is 16.9 Å². The fourth-order valence-corrected chi connectivity index (χ4v) is 4.50. The molecule has 0 aromatic heterocycles. The summed E-state index contributed by atoms with van der Waals surface area (Å²) in [5, 5.41) is 16.7. The van der Waals surface area contributed by atoms with Crippen LogP contribution in [0.3, 0.4) is 0 Å². The Labute approximate surface area is 213 Å². The monoisotopic (exact) mass is 511 g/mol. The summed E-state index contributed by atoms with van der Waals surface area (Å²) in [6.45, 7) is 1.35. The zero-order valence-corrected chi connectivity index (χ0v) is 20.5. The number of benzene rings is 4. The summed E-state index contributed by atoms with van der Waals surface area (Å²) in [5.41, 5.74) is 1.25. The van der Waals surface area contributed by atoms with E-state index in [1.54, 1.807) is 18.2 Å². The van der Waals surface area contributed by atoms with Gasteiger partial charge in [0.1, 0.15) is 22.3 Å². The third kappa shape index (κ3) is 6.20. The number of anilines is 2. The smallest absolute Gasteiger partial charge is 0.339 e. The van der Waals surface area contributed by atoms with Crippen LogP contribution in [0.4, 0.5) is 11.4 Å². The van der Waals surface area contributed by atoms with Crippen LogP contribution >= 0.6 is 0 Å². The van der Waals surface area contributed by atoms with Crippen molar-refractivity contribution in [2.75, 3.05) is 10.6 Å². The molecule has 2 N–H and O–H groups in total. The second-order valence-corrected chi connectivity index (χ2v) is 9.51. The minimum Gasteiger partial charge on any atom is -0.379 e. The van der Waals surface area contributed by atoms with Crippen LogP contribution in [0.1, 0.15) is 12.5 Å². The molecule has 8 nitrogen and oxygen atoms in total. The van der Waals surface area contributed by atoms with Gasteiger partial charge < -0.3 is 14.8 Å². The van der Waals surface area contributed by atoms with Crippen LogP contribution in [0.2, 0.25) is 0 Å². The molecule has 37 heavy (non-hydrogen) atoms. The number of rotatable bonds is 7. The Hall–Kier alpha value is -4.94. The van der Waals surface area contributed by atoms with Crippen LogP contribution in [0.25, 0.3) is 16.8 Å². The number of hydrogen-bond donors (Lipinski definition) is 2. The molecule has 184 valence electrons. The van der Waals surface area contributed by atoms with Crippen LogP contribution in [0.15, 0.2) is 101 Å². The third-order valence-electron chi connectivity index (χ3n) is 5.24. The average molecular weight is 512 g/mol. The zero-order chi connectivity index (χ0) is 26.4. The summed E-state index contributed by atoms with van der Waals surface area (Å²) in [4.78, 5) is 23.9. The van der Waals surface area contributed by atoms with Crippen molar-refractivity contribution in [3.63, 3.8) is 0 Å². The minimum atomic E-state index is -4.16. The maximum Gasteiger partial charge on any atom is 0.339 e. The first-order chi connectivity index (χ1) is 17.7. The number of fused-ring (bicyclic) bond motifs is 1. The van der Waals surface area contributed by atoms with Crippen molar-refractivity contribution in [2.24, 2.45) is 0 Å². The van der Waals surface area contributed by atoms with Crippen molar-refractivity contribution in [3.05, 3.63) is 102 Å². The van der Waals surface area contributed by atoms with Gasteiger partial charge in [0.05, 0.1) is 0 Å². The van der Waals surface area contributed by atoms with E-state index in [0.717, 1.165) is 10.8 Å². The molecule has 0 aliphatic heterocycles. The maximum atomic E-state index is 12.8. The van der Waals surface area contributed by atoms with E-state index in [9.17, 15) is 23.3 Å². The lowest BCUT2D eigenvalue weighted by Gasteiger charge is -2.09. The van der Waals surface area contributed by atoms with Crippen molar-refractivity contribution < 1.29 is 22.2 Å². The molecule has 4 rings (SSSR count). The molecular formula is C28H21N3O5S. The molecule has 2 amide bonds. The summed E-state index contributed by atoms with van der Waals surface area (Å²) in [5.74, 6) is -0.872. The third-order valence-corrected chi connectivity index (χ3v) is 6.50. The Bertz CT molecular complexity index is 1670. The summed E-state index contributed by atoms with van der Waals surface area (Å²) >= 11 is 0. The van der Waals surface area contributed by atoms with Gasteiger partial charge in [0, 0.05) is 23.7 Å². The molecule has 0 unspecified atom stereocenters. The normalized spacial score (nSPS) is 11.4. The Kier molecular flexibility index (Phi) is 7.32. The number of amides is 2. The van der Waals surface area contributed by atoms with Crippen LogP contribution < -0.4 is 14.8 Å². The average Bonchev–Trinajstić information content (AvgIpc) is 2.87. The fourth-order valence-electron chi connectivity index (χ4n) is 3.58. The molecule has 9 heteroatoms. The standard InChI is InChI=1S/C28H21N3O5S/c1-19(32)30-23-12-14-25(15-13-23)37(34,35)36-24-9-4-6-20(17-24)16-22(18-29)28(33)31-27-11-5-8-21-7-2-3-10-26(21)27/h2-17H,1H3,(H,30,32)(H,31,33)/b22-16+. The Morgan fingerprint density at radius 3 is 2.32 bits per heavy atom. The predicted molar refractivity (Wildman–Crippen MR) is 141 cm³/mol. The van der Waals surface area contributed by atoms with Gasteiger partial charge in [-0.15, -0.1) is 0 Å². The SMILES string of the molecule is CC(=O)Nc1ccc(S(=O)(=O)Oc2cccc(/C=C(\C#N)C(=O)Nc3cccc4ccccc34)c2)cc1. The lowest BCUT2D eigenvalue weighted by Crippen LogP contribution is -2.13. The van der Waals surface area contributed by atoms with Crippen LogP contribution in [0.5, 0.6) is 5.75 Å². The van der Waals surface area contributed by atoms with E-state index in [4.69, 9.17) is 4.18 Å². The van der Waals surface area contributed by atoms with E-state index in [-0.39, 0.29) is 22.1 Å². The molecule has 0 atom stereocenters.